The first-order valence-corrected chi connectivity index (χ1v) is 8.08. The van der Waals surface area contributed by atoms with Crippen molar-refractivity contribution in [1.82, 2.24) is 5.32 Å². The van der Waals surface area contributed by atoms with Gasteiger partial charge in [0.15, 0.2) is 0 Å². The van der Waals surface area contributed by atoms with E-state index in [1.54, 1.807) is 14.2 Å². The molecule has 0 aliphatic carbocycles. The van der Waals surface area contributed by atoms with Crippen LogP contribution in [0.5, 0.6) is 11.5 Å². The van der Waals surface area contributed by atoms with E-state index in [2.05, 4.69) is 10.6 Å². The van der Waals surface area contributed by atoms with Crippen molar-refractivity contribution in [1.29, 1.82) is 0 Å². The third kappa shape index (κ3) is 4.17. The van der Waals surface area contributed by atoms with Crippen molar-refractivity contribution >= 4 is 24.0 Å². The fourth-order valence-electron chi connectivity index (χ4n) is 2.99. The fraction of sp³-hybridized carbons (Fsp3) is 0.316. The van der Waals surface area contributed by atoms with Crippen molar-refractivity contribution < 1.29 is 14.3 Å². The molecule has 1 aliphatic rings. The van der Waals surface area contributed by atoms with Gasteiger partial charge in [-0.1, -0.05) is 6.07 Å². The predicted octanol–water partition coefficient (Wildman–Crippen LogP) is 3.41. The van der Waals surface area contributed by atoms with Crippen LogP contribution in [0.2, 0.25) is 0 Å². The van der Waals surface area contributed by atoms with Gasteiger partial charge in [-0.2, -0.15) is 0 Å². The molecule has 134 valence electrons. The number of halogens is 1. The average Bonchev–Trinajstić information content (AvgIpc) is 2.65. The number of fused-ring (bicyclic) bond motifs is 1. The number of carbonyl (C=O) groups is 1. The number of hydrogen-bond donors (Lipinski definition) is 2. The average molecular weight is 363 g/mol. The Kier molecular flexibility index (Phi) is 6.53. The number of rotatable bonds is 5. The first-order chi connectivity index (χ1) is 11.7. The summed E-state index contributed by atoms with van der Waals surface area (Å²) in [6.45, 7) is 1.37. The molecule has 0 unspecified atom stereocenters. The lowest BCUT2D eigenvalue weighted by molar-refractivity contribution is 0.0949. The Balaban J connectivity index is 0.00000225. The molecule has 0 bridgehead atoms. The Morgan fingerprint density at radius 1 is 1.20 bits per heavy atom. The van der Waals surface area contributed by atoms with E-state index in [9.17, 15) is 4.79 Å². The number of methoxy groups -OCH3 is 2. The molecule has 0 radical (unpaired) electrons. The lowest BCUT2D eigenvalue weighted by Gasteiger charge is -2.20. The molecule has 2 aromatic rings. The normalized spacial score (nSPS) is 12.2. The molecule has 0 spiro atoms. The van der Waals surface area contributed by atoms with Crippen LogP contribution in [0.1, 0.15) is 27.9 Å². The van der Waals surface area contributed by atoms with Crippen LogP contribution in [0.15, 0.2) is 36.4 Å². The van der Waals surface area contributed by atoms with Gasteiger partial charge in [0, 0.05) is 36.0 Å². The zero-order valence-corrected chi connectivity index (χ0v) is 15.2. The Hall–Kier alpha value is -2.40. The maximum Gasteiger partial charge on any atom is 0.251 e. The molecule has 6 heteroatoms. The lowest BCUT2D eigenvalue weighted by atomic mass is 9.97. The molecule has 2 aromatic carbocycles. The van der Waals surface area contributed by atoms with Crippen LogP contribution in [-0.4, -0.2) is 26.7 Å². The number of amides is 1. The maximum atomic E-state index is 12.6. The van der Waals surface area contributed by atoms with E-state index < -0.39 is 0 Å². The molecule has 0 aromatic heterocycles. The van der Waals surface area contributed by atoms with E-state index in [0.29, 0.717) is 12.3 Å². The summed E-state index contributed by atoms with van der Waals surface area (Å²) >= 11 is 0. The van der Waals surface area contributed by atoms with E-state index in [1.165, 1.54) is 0 Å². The number of ether oxygens (including phenoxy) is 2. The van der Waals surface area contributed by atoms with Gasteiger partial charge >= 0.3 is 0 Å². The van der Waals surface area contributed by atoms with Crippen LogP contribution in [0.25, 0.3) is 0 Å². The predicted molar refractivity (Wildman–Crippen MR) is 101 cm³/mol. The van der Waals surface area contributed by atoms with Crippen LogP contribution in [0.4, 0.5) is 5.69 Å². The zero-order chi connectivity index (χ0) is 16.9. The molecule has 1 aliphatic heterocycles. The molecule has 0 saturated carbocycles. The molecule has 0 saturated heterocycles. The van der Waals surface area contributed by atoms with Gasteiger partial charge in [-0.3, -0.25) is 4.79 Å². The number of anilines is 1. The molecule has 1 heterocycles. The third-order valence-electron chi connectivity index (χ3n) is 4.27. The van der Waals surface area contributed by atoms with Gasteiger partial charge in [0.25, 0.3) is 5.91 Å². The first-order valence-electron chi connectivity index (χ1n) is 8.08. The summed E-state index contributed by atoms with van der Waals surface area (Å²) < 4.78 is 10.6. The number of benzene rings is 2. The van der Waals surface area contributed by atoms with Gasteiger partial charge in [0.2, 0.25) is 0 Å². The SMILES string of the molecule is COc1ccc(CNC(=O)c2cccc3c2CCCN3)c(OC)c1.Cl. The monoisotopic (exact) mass is 362 g/mol. The molecular formula is C19H23ClN2O3. The van der Waals surface area contributed by atoms with E-state index in [0.717, 1.165) is 47.5 Å². The number of carbonyl (C=O) groups excluding carboxylic acids is 1. The highest BCUT2D eigenvalue weighted by Gasteiger charge is 2.17. The van der Waals surface area contributed by atoms with E-state index in [-0.39, 0.29) is 18.3 Å². The highest BCUT2D eigenvalue weighted by Crippen LogP contribution is 2.26. The minimum absolute atomic E-state index is 0. The number of nitrogens with one attached hydrogen (secondary N) is 2. The molecule has 0 fully saturated rings. The second-order valence-electron chi connectivity index (χ2n) is 5.72. The van der Waals surface area contributed by atoms with Gasteiger partial charge in [-0.15, -0.1) is 12.4 Å². The first kappa shape index (κ1) is 18.9. The van der Waals surface area contributed by atoms with Crippen molar-refractivity contribution in [2.75, 3.05) is 26.1 Å². The Bertz CT molecular complexity index is 749. The largest absolute Gasteiger partial charge is 0.497 e. The molecule has 25 heavy (non-hydrogen) atoms. The summed E-state index contributed by atoms with van der Waals surface area (Å²) in [4.78, 5) is 12.6. The highest BCUT2D eigenvalue weighted by molar-refractivity contribution is 5.97. The zero-order valence-electron chi connectivity index (χ0n) is 14.4. The molecule has 5 nitrogen and oxygen atoms in total. The van der Waals surface area contributed by atoms with Gasteiger partial charge in [-0.05, 0) is 42.7 Å². The van der Waals surface area contributed by atoms with Crippen LogP contribution < -0.4 is 20.1 Å². The van der Waals surface area contributed by atoms with Gasteiger partial charge < -0.3 is 20.1 Å². The summed E-state index contributed by atoms with van der Waals surface area (Å²) in [5, 5.41) is 6.34. The Labute approximate surface area is 154 Å². The molecule has 2 N–H and O–H groups in total. The minimum Gasteiger partial charge on any atom is -0.497 e. The topological polar surface area (TPSA) is 59.6 Å². The highest BCUT2D eigenvalue weighted by atomic mass is 35.5. The van der Waals surface area contributed by atoms with Gasteiger partial charge in [-0.25, -0.2) is 0 Å². The van der Waals surface area contributed by atoms with Crippen molar-refractivity contribution in [3.8, 4) is 11.5 Å². The molecular weight excluding hydrogens is 340 g/mol. The molecule has 0 atom stereocenters. The summed E-state index contributed by atoms with van der Waals surface area (Å²) in [5.74, 6) is 1.37. The second-order valence-corrected chi connectivity index (χ2v) is 5.72. The van der Waals surface area contributed by atoms with Crippen LogP contribution in [0, 0.1) is 0 Å². The van der Waals surface area contributed by atoms with Crippen molar-refractivity contribution in [2.45, 2.75) is 19.4 Å². The Morgan fingerprint density at radius 3 is 2.80 bits per heavy atom. The molecule has 3 rings (SSSR count). The van der Waals surface area contributed by atoms with Crippen LogP contribution in [-0.2, 0) is 13.0 Å². The summed E-state index contributed by atoms with van der Waals surface area (Å²) in [6.07, 6.45) is 1.97. The van der Waals surface area contributed by atoms with E-state index in [1.807, 2.05) is 36.4 Å². The standard InChI is InChI=1S/C19H22N2O3.ClH/c1-23-14-9-8-13(18(11-14)24-2)12-21-19(22)16-5-3-7-17-15(16)6-4-10-20-17;/h3,5,7-9,11,20H,4,6,10,12H2,1-2H3,(H,21,22);1H. The summed E-state index contributed by atoms with van der Waals surface area (Å²) in [5.41, 5.74) is 3.82. The van der Waals surface area contributed by atoms with Crippen LogP contribution in [0.3, 0.4) is 0 Å². The maximum absolute atomic E-state index is 12.6. The Morgan fingerprint density at radius 2 is 2.04 bits per heavy atom. The lowest BCUT2D eigenvalue weighted by Crippen LogP contribution is -2.26. The molecule has 1 amide bonds. The van der Waals surface area contributed by atoms with Gasteiger partial charge in [0.05, 0.1) is 14.2 Å². The minimum atomic E-state index is -0.0616. The quantitative estimate of drug-likeness (QED) is 0.855. The third-order valence-corrected chi connectivity index (χ3v) is 4.27. The van der Waals surface area contributed by atoms with Crippen LogP contribution >= 0.6 is 12.4 Å². The van der Waals surface area contributed by atoms with Crippen molar-refractivity contribution in [2.24, 2.45) is 0 Å². The van der Waals surface area contributed by atoms with Crippen molar-refractivity contribution in [3.05, 3.63) is 53.1 Å². The fourth-order valence-corrected chi connectivity index (χ4v) is 2.99. The summed E-state index contributed by atoms with van der Waals surface area (Å²) in [7, 11) is 3.22. The second kappa shape index (κ2) is 8.62. The number of hydrogen-bond acceptors (Lipinski definition) is 4. The summed E-state index contributed by atoms with van der Waals surface area (Å²) in [6, 6.07) is 11.4. The van der Waals surface area contributed by atoms with Crippen molar-refractivity contribution in [3.63, 3.8) is 0 Å². The van der Waals surface area contributed by atoms with E-state index in [4.69, 9.17) is 9.47 Å². The van der Waals surface area contributed by atoms with E-state index >= 15 is 0 Å². The van der Waals surface area contributed by atoms with Gasteiger partial charge in [0.1, 0.15) is 11.5 Å². The smallest absolute Gasteiger partial charge is 0.251 e.